The fourth-order valence-electron chi connectivity index (χ4n) is 5.00. The van der Waals surface area contributed by atoms with Crippen molar-refractivity contribution in [2.45, 2.75) is 5.54 Å². The number of fused-ring (bicyclic) bond motifs is 4. The van der Waals surface area contributed by atoms with Crippen molar-refractivity contribution in [2.75, 3.05) is 30.9 Å². The van der Waals surface area contributed by atoms with E-state index in [9.17, 15) is 14.4 Å². The van der Waals surface area contributed by atoms with E-state index in [4.69, 9.17) is 16.3 Å². The van der Waals surface area contributed by atoms with E-state index < -0.39 is 17.4 Å². The van der Waals surface area contributed by atoms with Crippen LogP contribution in [0.3, 0.4) is 0 Å². The first kappa shape index (κ1) is 18.1. The van der Waals surface area contributed by atoms with Gasteiger partial charge in [0.15, 0.2) is 0 Å². The van der Waals surface area contributed by atoms with Crippen molar-refractivity contribution < 1.29 is 19.1 Å². The summed E-state index contributed by atoms with van der Waals surface area (Å²) in [4.78, 5) is 43.0. The van der Waals surface area contributed by atoms with Crippen LogP contribution in [0.4, 0.5) is 11.4 Å². The number of likely N-dealkylation sites (tertiary alicyclic amines) is 1. The van der Waals surface area contributed by atoms with Gasteiger partial charge in [-0.2, -0.15) is 0 Å². The summed E-state index contributed by atoms with van der Waals surface area (Å²) in [6.07, 6.45) is 0. The molecule has 2 saturated heterocycles. The quantitative estimate of drug-likeness (QED) is 0.767. The van der Waals surface area contributed by atoms with Gasteiger partial charge in [-0.05, 0) is 49.5 Å². The van der Waals surface area contributed by atoms with Crippen LogP contribution in [0.2, 0.25) is 5.02 Å². The Morgan fingerprint density at radius 2 is 1.83 bits per heavy atom. The van der Waals surface area contributed by atoms with Gasteiger partial charge < -0.3 is 10.1 Å². The lowest BCUT2D eigenvalue weighted by Gasteiger charge is -2.34. The highest BCUT2D eigenvalue weighted by Crippen LogP contribution is 2.56. The number of carbonyl (C=O) groups excluding carboxylic acids is 3. The summed E-state index contributed by atoms with van der Waals surface area (Å²) in [6.45, 7) is 0.309. The Balaban J connectivity index is 1.66. The number of ether oxygens (including phenoxy) is 1. The second-order valence-corrected chi connectivity index (χ2v) is 8.02. The maximum Gasteiger partial charge on any atom is 0.250 e. The molecule has 1 N–H and O–H groups in total. The van der Waals surface area contributed by atoms with Crippen LogP contribution >= 0.6 is 11.6 Å². The van der Waals surface area contributed by atoms with Crippen LogP contribution in [0.1, 0.15) is 5.56 Å². The highest BCUT2D eigenvalue weighted by atomic mass is 35.5. The molecule has 0 bridgehead atoms. The van der Waals surface area contributed by atoms with Crippen LogP contribution in [0.25, 0.3) is 0 Å². The summed E-state index contributed by atoms with van der Waals surface area (Å²) in [7, 11) is 3.33. The molecule has 2 fully saturated rings. The molecule has 2 aromatic carbocycles. The topological polar surface area (TPSA) is 79.0 Å². The predicted molar refractivity (Wildman–Crippen MR) is 107 cm³/mol. The average molecular weight is 412 g/mol. The molecule has 3 heterocycles. The van der Waals surface area contributed by atoms with Crippen molar-refractivity contribution in [3.63, 3.8) is 0 Å². The van der Waals surface area contributed by atoms with E-state index in [1.807, 2.05) is 4.90 Å². The molecule has 3 aliphatic rings. The Bertz CT molecular complexity index is 1070. The maximum absolute atomic E-state index is 13.5. The van der Waals surface area contributed by atoms with Crippen molar-refractivity contribution in [3.8, 4) is 5.75 Å². The number of nitrogens with zero attached hydrogens (tertiary/aromatic N) is 2. The summed E-state index contributed by atoms with van der Waals surface area (Å²) in [5, 5.41) is 3.40. The van der Waals surface area contributed by atoms with Crippen LogP contribution < -0.4 is 15.0 Å². The number of anilines is 2. The molecular weight excluding hydrogens is 394 g/mol. The van der Waals surface area contributed by atoms with Crippen molar-refractivity contribution in [1.82, 2.24) is 4.90 Å². The summed E-state index contributed by atoms with van der Waals surface area (Å²) >= 11 is 5.95. The fraction of sp³-hybridized carbons (Fsp3) is 0.286. The zero-order valence-electron chi connectivity index (χ0n) is 15.8. The van der Waals surface area contributed by atoms with E-state index in [-0.39, 0.29) is 17.7 Å². The monoisotopic (exact) mass is 411 g/mol. The van der Waals surface area contributed by atoms with Gasteiger partial charge in [0.1, 0.15) is 11.3 Å². The first-order valence-corrected chi connectivity index (χ1v) is 9.62. The van der Waals surface area contributed by atoms with Crippen molar-refractivity contribution in [3.05, 3.63) is 53.1 Å². The normalized spacial score (nSPS) is 28.1. The van der Waals surface area contributed by atoms with Gasteiger partial charge in [-0.15, -0.1) is 0 Å². The summed E-state index contributed by atoms with van der Waals surface area (Å²) in [5.41, 5.74) is 0.507. The van der Waals surface area contributed by atoms with E-state index in [2.05, 4.69) is 5.32 Å². The van der Waals surface area contributed by atoms with E-state index >= 15 is 0 Å². The summed E-state index contributed by atoms with van der Waals surface area (Å²) < 4.78 is 5.34. The number of amides is 3. The molecule has 29 heavy (non-hydrogen) atoms. The van der Waals surface area contributed by atoms with E-state index in [1.54, 1.807) is 56.6 Å². The largest absolute Gasteiger partial charge is 0.497 e. The van der Waals surface area contributed by atoms with Crippen molar-refractivity contribution in [2.24, 2.45) is 11.8 Å². The molecule has 1 spiro atoms. The number of hydrogen-bond donors (Lipinski definition) is 1. The Labute approximate surface area is 172 Å². The molecule has 0 saturated carbocycles. The standard InChI is InChI=1S/C21H18ClN3O4/c1-24-10-14-17(19(27)25(18(14)26)12-5-3-11(22)4-6-12)21(24)15-9-13(29-2)7-8-16(15)23-20(21)28/h3-9,14,17H,10H2,1-2H3,(H,23,28). The fourth-order valence-corrected chi connectivity index (χ4v) is 5.13. The Hall–Kier alpha value is -2.90. The lowest BCUT2D eigenvalue weighted by atomic mass is 9.76. The van der Waals surface area contributed by atoms with Gasteiger partial charge in [-0.1, -0.05) is 11.6 Å². The van der Waals surface area contributed by atoms with Gasteiger partial charge in [0.25, 0.3) is 0 Å². The molecule has 3 unspecified atom stereocenters. The summed E-state index contributed by atoms with van der Waals surface area (Å²) in [5.74, 6) is -1.81. The summed E-state index contributed by atoms with van der Waals surface area (Å²) in [6, 6.07) is 11.8. The smallest absolute Gasteiger partial charge is 0.250 e. The molecule has 2 aromatic rings. The number of hydrogen-bond acceptors (Lipinski definition) is 5. The van der Waals surface area contributed by atoms with E-state index in [0.717, 1.165) is 0 Å². The number of carbonyl (C=O) groups is 3. The van der Waals surface area contributed by atoms with Crippen LogP contribution in [0.15, 0.2) is 42.5 Å². The number of methoxy groups -OCH3 is 1. The van der Waals surface area contributed by atoms with Gasteiger partial charge in [0.2, 0.25) is 17.7 Å². The van der Waals surface area contributed by atoms with Crippen LogP contribution in [0.5, 0.6) is 5.75 Å². The third kappa shape index (κ3) is 2.20. The first-order valence-electron chi connectivity index (χ1n) is 9.24. The van der Waals surface area contributed by atoms with Crippen molar-refractivity contribution >= 4 is 40.7 Å². The van der Waals surface area contributed by atoms with Gasteiger partial charge in [0, 0.05) is 22.8 Å². The van der Waals surface area contributed by atoms with Crippen LogP contribution in [-0.2, 0) is 19.9 Å². The molecule has 5 rings (SSSR count). The number of imide groups is 1. The zero-order chi connectivity index (χ0) is 20.5. The second kappa shape index (κ2) is 6.05. The minimum atomic E-state index is -1.25. The van der Waals surface area contributed by atoms with Crippen molar-refractivity contribution in [1.29, 1.82) is 0 Å². The minimum Gasteiger partial charge on any atom is -0.497 e. The molecule has 3 aliphatic heterocycles. The zero-order valence-corrected chi connectivity index (χ0v) is 16.6. The Morgan fingerprint density at radius 3 is 2.52 bits per heavy atom. The lowest BCUT2D eigenvalue weighted by molar-refractivity contribution is -0.134. The molecule has 8 heteroatoms. The predicted octanol–water partition coefficient (Wildman–Crippen LogP) is 2.25. The van der Waals surface area contributed by atoms with Crippen LogP contribution in [-0.4, -0.2) is 43.3 Å². The minimum absolute atomic E-state index is 0.296. The Morgan fingerprint density at radius 1 is 1.10 bits per heavy atom. The van der Waals surface area contributed by atoms with Gasteiger partial charge in [-0.25, -0.2) is 4.90 Å². The number of benzene rings is 2. The number of halogens is 1. The van der Waals surface area contributed by atoms with Gasteiger partial charge in [0.05, 0.1) is 24.6 Å². The maximum atomic E-state index is 13.5. The third-order valence-corrected chi connectivity index (χ3v) is 6.52. The highest BCUT2D eigenvalue weighted by molar-refractivity contribution is 6.31. The molecule has 0 aromatic heterocycles. The molecule has 148 valence electrons. The second-order valence-electron chi connectivity index (χ2n) is 7.59. The molecular formula is C21H18ClN3O4. The molecule has 3 atom stereocenters. The van der Waals surface area contributed by atoms with Crippen LogP contribution in [0, 0.1) is 11.8 Å². The molecule has 3 amide bonds. The van der Waals surface area contributed by atoms with Gasteiger partial charge in [-0.3, -0.25) is 19.3 Å². The van der Waals surface area contributed by atoms with E-state index in [0.29, 0.717) is 34.3 Å². The molecule has 7 nitrogen and oxygen atoms in total. The third-order valence-electron chi connectivity index (χ3n) is 6.27. The average Bonchev–Trinajstić information content (AvgIpc) is 3.26. The number of nitrogens with one attached hydrogen (secondary N) is 1. The SMILES string of the molecule is COc1ccc2c(c1)C1(C(=O)N2)C2C(=O)N(c3ccc(Cl)cc3)C(=O)C2CN1C. The molecule has 0 aliphatic carbocycles. The first-order chi connectivity index (χ1) is 13.9. The van der Waals surface area contributed by atoms with E-state index in [1.165, 1.54) is 4.90 Å². The Kier molecular flexibility index (Phi) is 3.78. The molecule has 0 radical (unpaired) electrons. The number of likely N-dealkylation sites (N-methyl/N-ethyl adjacent to an activating group) is 1. The van der Waals surface area contributed by atoms with Gasteiger partial charge >= 0.3 is 0 Å². The highest BCUT2D eigenvalue weighted by Gasteiger charge is 2.70. The lowest BCUT2D eigenvalue weighted by Crippen LogP contribution is -2.52. The number of rotatable bonds is 2.